The van der Waals surface area contributed by atoms with Crippen LogP contribution in [0.25, 0.3) is 11.3 Å². The number of imidazole rings is 1. The van der Waals surface area contributed by atoms with Gasteiger partial charge < -0.3 is 9.67 Å². The van der Waals surface area contributed by atoms with E-state index in [1.165, 1.54) is 5.56 Å². The number of carboxylic acid groups (broad SMARTS) is 1. The van der Waals surface area contributed by atoms with Gasteiger partial charge in [-0.05, 0) is 31.2 Å². The standard InChI is InChI=1S/C22H26N2O3/c25-16(7-6-12-22(21(26)27)10-4-1-5-11-22)13-19-17-8-2-3-9-18(17)20-14-23-15-24(19)20/h2-3,8-9,14-15,19H,1,4-7,10-13H2,(H,26,27). The van der Waals surface area contributed by atoms with Gasteiger partial charge in [0.25, 0.3) is 0 Å². The van der Waals surface area contributed by atoms with E-state index >= 15 is 0 Å². The Morgan fingerprint density at radius 2 is 1.96 bits per heavy atom. The molecule has 0 spiro atoms. The Balaban J connectivity index is 1.38. The van der Waals surface area contributed by atoms with Gasteiger partial charge in [0.15, 0.2) is 0 Å². The number of aromatic nitrogens is 2. The summed E-state index contributed by atoms with van der Waals surface area (Å²) in [7, 11) is 0. The Bertz CT molecular complexity index is 849. The predicted molar refractivity (Wildman–Crippen MR) is 102 cm³/mol. The summed E-state index contributed by atoms with van der Waals surface area (Å²) in [4.78, 5) is 28.7. The molecular weight excluding hydrogens is 340 g/mol. The summed E-state index contributed by atoms with van der Waals surface area (Å²) in [6.45, 7) is 0. The molecule has 142 valence electrons. The normalized spacial score (nSPS) is 20.1. The number of carbonyl (C=O) groups excluding carboxylic acids is 1. The second-order valence-corrected chi connectivity index (χ2v) is 8.03. The third kappa shape index (κ3) is 3.31. The van der Waals surface area contributed by atoms with E-state index in [2.05, 4.69) is 21.7 Å². The summed E-state index contributed by atoms with van der Waals surface area (Å²) in [5.74, 6) is -0.477. The number of carboxylic acids is 1. The third-order valence-electron chi connectivity index (χ3n) is 6.39. The number of aliphatic carboxylic acids is 1. The van der Waals surface area contributed by atoms with Crippen LogP contribution in [-0.2, 0) is 9.59 Å². The van der Waals surface area contributed by atoms with Crippen LogP contribution in [0.4, 0.5) is 0 Å². The van der Waals surface area contributed by atoms with Crippen LogP contribution in [0.3, 0.4) is 0 Å². The van der Waals surface area contributed by atoms with Crippen molar-refractivity contribution in [3.05, 3.63) is 42.4 Å². The number of benzene rings is 1. The van der Waals surface area contributed by atoms with Gasteiger partial charge in [0.1, 0.15) is 5.78 Å². The lowest BCUT2D eigenvalue weighted by atomic mass is 9.71. The molecule has 1 saturated carbocycles. The van der Waals surface area contributed by atoms with E-state index in [1.54, 1.807) is 6.33 Å². The number of hydrogen-bond acceptors (Lipinski definition) is 3. The Morgan fingerprint density at radius 3 is 2.74 bits per heavy atom. The monoisotopic (exact) mass is 366 g/mol. The van der Waals surface area contributed by atoms with Crippen LogP contribution in [-0.4, -0.2) is 26.4 Å². The Kier molecular flexibility index (Phi) is 4.85. The van der Waals surface area contributed by atoms with Crippen molar-refractivity contribution in [3.8, 4) is 11.3 Å². The highest BCUT2D eigenvalue weighted by Crippen LogP contribution is 2.42. The molecule has 2 aromatic rings. The van der Waals surface area contributed by atoms with Gasteiger partial charge in [0.05, 0.1) is 29.7 Å². The molecule has 2 heterocycles. The molecule has 2 aliphatic rings. The smallest absolute Gasteiger partial charge is 0.309 e. The number of nitrogens with zero attached hydrogens (tertiary/aromatic N) is 2. The fourth-order valence-electron chi connectivity index (χ4n) is 4.88. The van der Waals surface area contributed by atoms with Gasteiger partial charge in [-0.2, -0.15) is 0 Å². The zero-order valence-electron chi connectivity index (χ0n) is 15.6. The minimum absolute atomic E-state index is 0.00862. The first-order chi connectivity index (χ1) is 13.1. The molecule has 0 radical (unpaired) electrons. The molecule has 1 aromatic heterocycles. The second kappa shape index (κ2) is 7.29. The van der Waals surface area contributed by atoms with Crippen LogP contribution in [0.1, 0.15) is 69.4 Å². The molecule has 4 rings (SSSR count). The largest absolute Gasteiger partial charge is 0.481 e. The molecule has 1 fully saturated rings. The van der Waals surface area contributed by atoms with Crippen LogP contribution in [0.2, 0.25) is 0 Å². The molecule has 1 N–H and O–H groups in total. The van der Waals surface area contributed by atoms with E-state index in [9.17, 15) is 14.7 Å². The highest BCUT2D eigenvalue weighted by Gasteiger charge is 2.39. The maximum Gasteiger partial charge on any atom is 0.309 e. The van der Waals surface area contributed by atoms with Crippen LogP contribution in [0.5, 0.6) is 0 Å². The summed E-state index contributed by atoms with van der Waals surface area (Å²) in [6, 6.07) is 8.19. The Labute approximate surface area is 159 Å². The number of fused-ring (bicyclic) bond motifs is 3. The third-order valence-corrected chi connectivity index (χ3v) is 6.39. The van der Waals surface area contributed by atoms with Gasteiger partial charge in [-0.25, -0.2) is 4.98 Å². The molecule has 27 heavy (non-hydrogen) atoms. The Hall–Kier alpha value is -2.43. The van der Waals surface area contributed by atoms with E-state index in [-0.39, 0.29) is 11.8 Å². The molecule has 1 atom stereocenters. The van der Waals surface area contributed by atoms with Gasteiger partial charge in [0.2, 0.25) is 0 Å². The van der Waals surface area contributed by atoms with Gasteiger partial charge >= 0.3 is 5.97 Å². The zero-order chi connectivity index (χ0) is 18.9. The van der Waals surface area contributed by atoms with Crippen molar-refractivity contribution >= 4 is 11.8 Å². The van der Waals surface area contributed by atoms with E-state index in [0.717, 1.165) is 43.4 Å². The van der Waals surface area contributed by atoms with Crippen molar-refractivity contribution < 1.29 is 14.7 Å². The van der Waals surface area contributed by atoms with E-state index in [1.807, 2.05) is 18.3 Å². The lowest BCUT2D eigenvalue weighted by molar-refractivity contribution is -0.151. The van der Waals surface area contributed by atoms with Crippen molar-refractivity contribution in [3.63, 3.8) is 0 Å². The quantitative estimate of drug-likeness (QED) is 0.776. The van der Waals surface area contributed by atoms with Crippen LogP contribution in [0, 0.1) is 5.41 Å². The van der Waals surface area contributed by atoms with E-state index < -0.39 is 11.4 Å². The summed E-state index contributed by atoms with van der Waals surface area (Å²) in [5.41, 5.74) is 2.79. The highest BCUT2D eigenvalue weighted by molar-refractivity contribution is 5.81. The average Bonchev–Trinajstić information content (AvgIpc) is 3.25. The summed E-state index contributed by atoms with van der Waals surface area (Å²) >= 11 is 0. The molecule has 1 aromatic carbocycles. The zero-order valence-corrected chi connectivity index (χ0v) is 15.6. The average molecular weight is 366 g/mol. The number of Topliss-reactive ketones (excluding diaryl/α,β-unsaturated/α-hetero) is 1. The first-order valence-corrected chi connectivity index (χ1v) is 9.97. The maximum absolute atomic E-state index is 12.7. The Morgan fingerprint density at radius 1 is 1.19 bits per heavy atom. The fraction of sp³-hybridized carbons (Fsp3) is 0.500. The molecule has 5 heteroatoms. The predicted octanol–water partition coefficient (Wildman–Crippen LogP) is 4.62. The van der Waals surface area contributed by atoms with Crippen molar-refractivity contribution in [2.75, 3.05) is 0 Å². The minimum atomic E-state index is -0.678. The molecule has 0 saturated heterocycles. The number of ketones is 1. The fourth-order valence-corrected chi connectivity index (χ4v) is 4.88. The van der Waals surface area contributed by atoms with Crippen LogP contribution < -0.4 is 0 Å². The van der Waals surface area contributed by atoms with Gasteiger partial charge in [-0.15, -0.1) is 0 Å². The molecule has 0 bridgehead atoms. The highest BCUT2D eigenvalue weighted by atomic mass is 16.4. The van der Waals surface area contributed by atoms with Crippen molar-refractivity contribution in [2.45, 2.75) is 63.8 Å². The number of rotatable bonds is 7. The lowest BCUT2D eigenvalue weighted by Crippen LogP contribution is -2.33. The van der Waals surface area contributed by atoms with Gasteiger partial charge in [-0.3, -0.25) is 9.59 Å². The molecule has 0 amide bonds. The second-order valence-electron chi connectivity index (χ2n) is 8.03. The number of carbonyl (C=O) groups is 2. The van der Waals surface area contributed by atoms with Crippen molar-refractivity contribution in [2.24, 2.45) is 5.41 Å². The molecular formula is C22H26N2O3. The van der Waals surface area contributed by atoms with Crippen molar-refractivity contribution in [1.82, 2.24) is 9.55 Å². The van der Waals surface area contributed by atoms with Crippen LogP contribution in [0.15, 0.2) is 36.8 Å². The summed E-state index contributed by atoms with van der Waals surface area (Å²) in [6.07, 6.45) is 10.4. The van der Waals surface area contributed by atoms with Crippen LogP contribution >= 0.6 is 0 Å². The topological polar surface area (TPSA) is 72.2 Å². The van der Waals surface area contributed by atoms with Gasteiger partial charge in [-0.1, -0.05) is 43.5 Å². The summed E-state index contributed by atoms with van der Waals surface area (Å²) in [5, 5.41) is 9.68. The molecule has 1 aliphatic carbocycles. The van der Waals surface area contributed by atoms with Gasteiger partial charge in [0, 0.05) is 18.4 Å². The molecule has 1 aliphatic heterocycles. The summed E-state index contributed by atoms with van der Waals surface area (Å²) < 4.78 is 2.09. The lowest BCUT2D eigenvalue weighted by Gasteiger charge is -2.33. The molecule has 5 nitrogen and oxygen atoms in total. The van der Waals surface area contributed by atoms with E-state index in [4.69, 9.17) is 0 Å². The maximum atomic E-state index is 12.7. The minimum Gasteiger partial charge on any atom is -0.481 e. The first-order valence-electron chi connectivity index (χ1n) is 9.97. The van der Waals surface area contributed by atoms with E-state index in [0.29, 0.717) is 25.7 Å². The molecule has 1 unspecified atom stereocenters. The van der Waals surface area contributed by atoms with Crippen molar-refractivity contribution in [1.29, 1.82) is 0 Å². The number of hydrogen-bond donors (Lipinski definition) is 1. The first kappa shape index (κ1) is 18.0. The SMILES string of the molecule is O=C(CCCC1(C(=O)O)CCCCC1)CC1c2ccccc2-c2cncn21.